The van der Waals surface area contributed by atoms with E-state index >= 15 is 0 Å². The Morgan fingerprint density at radius 1 is 1.43 bits per heavy atom. The van der Waals surface area contributed by atoms with Crippen LogP contribution in [0.3, 0.4) is 0 Å². The van der Waals surface area contributed by atoms with Gasteiger partial charge >= 0.3 is 0 Å². The summed E-state index contributed by atoms with van der Waals surface area (Å²) in [7, 11) is 2.03. The minimum absolute atomic E-state index is 0.0608. The molecule has 2 fully saturated rings. The predicted molar refractivity (Wildman–Crippen MR) is 76.4 cm³/mol. The zero-order chi connectivity index (χ0) is 15.0. The number of nitrogens with zero attached hydrogens (tertiary/aromatic N) is 2. The molecule has 2 amide bonds. The summed E-state index contributed by atoms with van der Waals surface area (Å²) in [5.74, 6) is 0.570. The van der Waals surface area contributed by atoms with Gasteiger partial charge in [0, 0.05) is 26.1 Å². The number of amides is 2. The van der Waals surface area contributed by atoms with Gasteiger partial charge in [-0.3, -0.25) is 9.59 Å². The first kappa shape index (κ1) is 14.1. The predicted octanol–water partition coefficient (Wildman–Crippen LogP) is 0.367. The molecule has 114 valence electrons. The van der Waals surface area contributed by atoms with Gasteiger partial charge in [0.15, 0.2) is 0 Å². The lowest BCUT2D eigenvalue weighted by atomic mass is 10.1. The van der Waals surface area contributed by atoms with Crippen LogP contribution >= 0.6 is 0 Å². The fourth-order valence-electron chi connectivity index (χ4n) is 3.02. The van der Waals surface area contributed by atoms with E-state index in [9.17, 15) is 9.59 Å². The minimum atomic E-state index is -0.237. The maximum atomic E-state index is 12.2. The molecule has 3 rings (SSSR count). The molecule has 6 heteroatoms. The van der Waals surface area contributed by atoms with Crippen LogP contribution in [0.4, 0.5) is 0 Å². The lowest BCUT2D eigenvalue weighted by Crippen LogP contribution is -2.58. The van der Waals surface area contributed by atoms with Gasteiger partial charge in [-0.1, -0.05) is 0 Å². The summed E-state index contributed by atoms with van der Waals surface area (Å²) in [6, 6.07) is 2.16. The average Bonchev–Trinajstić information content (AvgIpc) is 2.99. The molecule has 0 saturated carbocycles. The first-order valence-corrected chi connectivity index (χ1v) is 7.33. The number of likely N-dealkylation sites (N-methyl/N-ethyl adjacent to an activating group) is 1. The Labute approximate surface area is 124 Å². The SMILES string of the molecule is Cc1ccoc1CNC(=O)C1CC(=O)N(C2CN(C)C2)C1. The van der Waals surface area contributed by atoms with Gasteiger partial charge in [0.1, 0.15) is 5.76 Å². The van der Waals surface area contributed by atoms with Gasteiger partial charge in [-0.25, -0.2) is 0 Å². The quantitative estimate of drug-likeness (QED) is 0.870. The number of carbonyl (C=O) groups excluding carboxylic acids is 2. The Morgan fingerprint density at radius 3 is 2.81 bits per heavy atom. The van der Waals surface area contributed by atoms with Gasteiger partial charge in [-0.15, -0.1) is 0 Å². The molecule has 1 unspecified atom stereocenters. The van der Waals surface area contributed by atoms with Crippen LogP contribution < -0.4 is 5.32 Å². The molecular weight excluding hydrogens is 270 g/mol. The van der Waals surface area contributed by atoms with E-state index in [2.05, 4.69) is 10.2 Å². The van der Waals surface area contributed by atoms with Crippen LogP contribution in [0.25, 0.3) is 0 Å². The molecule has 1 atom stereocenters. The molecule has 1 N–H and O–H groups in total. The maximum absolute atomic E-state index is 12.2. The first-order chi connectivity index (χ1) is 10.0. The van der Waals surface area contributed by atoms with E-state index in [-0.39, 0.29) is 23.8 Å². The number of hydrogen-bond donors (Lipinski definition) is 1. The van der Waals surface area contributed by atoms with Crippen molar-refractivity contribution in [1.29, 1.82) is 0 Å². The van der Waals surface area contributed by atoms with Gasteiger partial charge in [-0.05, 0) is 25.6 Å². The van der Waals surface area contributed by atoms with Crippen molar-refractivity contribution in [1.82, 2.24) is 15.1 Å². The van der Waals surface area contributed by atoms with Crippen LogP contribution in [0.2, 0.25) is 0 Å². The van der Waals surface area contributed by atoms with Crippen LogP contribution in [-0.4, -0.2) is 54.3 Å². The molecule has 3 heterocycles. The number of nitrogens with one attached hydrogen (secondary N) is 1. The Bertz CT molecular complexity index is 548. The Morgan fingerprint density at radius 2 is 2.19 bits per heavy atom. The van der Waals surface area contributed by atoms with Crippen molar-refractivity contribution < 1.29 is 14.0 Å². The normalized spacial score (nSPS) is 23.4. The molecule has 1 aromatic rings. The van der Waals surface area contributed by atoms with E-state index < -0.39 is 0 Å². The zero-order valence-electron chi connectivity index (χ0n) is 12.5. The van der Waals surface area contributed by atoms with E-state index in [1.807, 2.05) is 24.9 Å². The molecule has 0 radical (unpaired) electrons. The second kappa shape index (κ2) is 5.52. The molecule has 0 aromatic carbocycles. The fourth-order valence-corrected chi connectivity index (χ4v) is 3.02. The highest BCUT2D eigenvalue weighted by molar-refractivity contribution is 5.89. The van der Waals surface area contributed by atoms with Gasteiger partial charge in [-0.2, -0.15) is 0 Å². The third-order valence-electron chi connectivity index (χ3n) is 4.41. The second-order valence-electron chi connectivity index (χ2n) is 6.07. The van der Waals surface area contributed by atoms with Gasteiger partial charge in [0.25, 0.3) is 0 Å². The Balaban J connectivity index is 1.52. The molecule has 0 bridgehead atoms. The summed E-state index contributed by atoms with van der Waals surface area (Å²) in [5.41, 5.74) is 1.02. The van der Waals surface area contributed by atoms with E-state index in [1.165, 1.54) is 0 Å². The van der Waals surface area contributed by atoms with Crippen LogP contribution in [0.5, 0.6) is 0 Å². The molecule has 0 aliphatic carbocycles. The van der Waals surface area contributed by atoms with Crippen molar-refractivity contribution >= 4 is 11.8 Å². The van der Waals surface area contributed by atoms with E-state index in [0.29, 0.717) is 19.5 Å². The van der Waals surface area contributed by atoms with E-state index in [0.717, 1.165) is 24.4 Å². The smallest absolute Gasteiger partial charge is 0.225 e. The summed E-state index contributed by atoms with van der Waals surface area (Å²) >= 11 is 0. The van der Waals surface area contributed by atoms with Gasteiger partial charge in [0.2, 0.25) is 11.8 Å². The molecular formula is C15H21N3O3. The highest BCUT2D eigenvalue weighted by atomic mass is 16.3. The van der Waals surface area contributed by atoms with E-state index in [4.69, 9.17) is 4.42 Å². The third kappa shape index (κ3) is 2.81. The lowest BCUT2D eigenvalue weighted by Gasteiger charge is -2.42. The second-order valence-corrected chi connectivity index (χ2v) is 6.07. The summed E-state index contributed by atoms with van der Waals surface area (Å²) in [6.45, 7) is 4.69. The number of aryl methyl sites for hydroxylation is 1. The Hall–Kier alpha value is -1.82. The van der Waals surface area contributed by atoms with Gasteiger partial charge < -0.3 is 19.5 Å². The van der Waals surface area contributed by atoms with Crippen molar-refractivity contribution in [3.8, 4) is 0 Å². The number of carbonyl (C=O) groups is 2. The number of likely N-dealkylation sites (tertiary alicyclic amines) is 2. The van der Waals surface area contributed by atoms with Crippen LogP contribution in [0, 0.1) is 12.8 Å². The van der Waals surface area contributed by atoms with Crippen molar-refractivity contribution in [2.75, 3.05) is 26.7 Å². The summed E-state index contributed by atoms with van der Waals surface area (Å²) in [6.07, 6.45) is 1.94. The third-order valence-corrected chi connectivity index (χ3v) is 4.41. The number of furan rings is 1. The van der Waals surface area contributed by atoms with Crippen molar-refractivity contribution in [2.45, 2.75) is 25.9 Å². The largest absolute Gasteiger partial charge is 0.467 e. The molecule has 2 saturated heterocycles. The van der Waals surface area contributed by atoms with Crippen LogP contribution in [-0.2, 0) is 16.1 Å². The molecule has 2 aliphatic rings. The van der Waals surface area contributed by atoms with Crippen molar-refractivity contribution in [3.05, 3.63) is 23.7 Å². The maximum Gasteiger partial charge on any atom is 0.225 e. The lowest BCUT2D eigenvalue weighted by molar-refractivity contribution is -0.132. The Kier molecular flexibility index (Phi) is 3.71. The standard InChI is InChI=1S/C15H21N3O3/c1-10-3-4-21-13(10)6-16-15(20)11-5-14(19)18(7-11)12-8-17(2)9-12/h3-4,11-12H,5-9H2,1-2H3,(H,16,20). The summed E-state index contributed by atoms with van der Waals surface area (Å²) in [4.78, 5) is 28.3. The molecule has 2 aliphatic heterocycles. The highest BCUT2D eigenvalue weighted by Gasteiger charge is 2.41. The fraction of sp³-hybridized carbons (Fsp3) is 0.600. The van der Waals surface area contributed by atoms with Crippen LogP contribution in [0.1, 0.15) is 17.7 Å². The summed E-state index contributed by atoms with van der Waals surface area (Å²) < 4.78 is 5.30. The first-order valence-electron chi connectivity index (χ1n) is 7.33. The van der Waals surface area contributed by atoms with Gasteiger partial charge in [0.05, 0.1) is 24.8 Å². The summed E-state index contributed by atoms with van der Waals surface area (Å²) in [5, 5.41) is 2.87. The average molecular weight is 291 g/mol. The molecule has 1 aromatic heterocycles. The van der Waals surface area contributed by atoms with Crippen molar-refractivity contribution in [3.63, 3.8) is 0 Å². The van der Waals surface area contributed by atoms with Crippen LogP contribution in [0.15, 0.2) is 16.7 Å². The number of hydrogen-bond acceptors (Lipinski definition) is 4. The van der Waals surface area contributed by atoms with Crippen molar-refractivity contribution in [2.24, 2.45) is 5.92 Å². The molecule has 6 nitrogen and oxygen atoms in total. The highest BCUT2D eigenvalue weighted by Crippen LogP contribution is 2.24. The molecule has 0 spiro atoms. The zero-order valence-corrected chi connectivity index (χ0v) is 12.5. The number of rotatable bonds is 4. The monoisotopic (exact) mass is 291 g/mol. The topological polar surface area (TPSA) is 65.8 Å². The van der Waals surface area contributed by atoms with E-state index in [1.54, 1.807) is 6.26 Å². The molecule has 21 heavy (non-hydrogen) atoms. The minimum Gasteiger partial charge on any atom is -0.467 e.